The SMILES string of the molecule is Cc1sc(Br)cc1C(O)C12CC3CC(CC(C)(C3)C1)C2. The summed E-state index contributed by atoms with van der Waals surface area (Å²) in [6, 6.07) is 2.16. The van der Waals surface area contributed by atoms with Crippen molar-refractivity contribution in [1.29, 1.82) is 0 Å². The maximum absolute atomic E-state index is 11.2. The summed E-state index contributed by atoms with van der Waals surface area (Å²) >= 11 is 5.34. The molecule has 0 amide bonds. The molecule has 20 heavy (non-hydrogen) atoms. The Balaban J connectivity index is 1.72. The first-order valence-electron chi connectivity index (χ1n) is 7.83. The number of aliphatic hydroxyl groups excluding tert-OH is 1. The zero-order valence-corrected chi connectivity index (χ0v) is 14.7. The van der Waals surface area contributed by atoms with Crippen molar-refractivity contribution in [2.45, 2.75) is 58.5 Å². The van der Waals surface area contributed by atoms with Crippen molar-refractivity contribution in [2.75, 3.05) is 0 Å². The number of hydrogen-bond donors (Lipinski definition) is 1. The van der Waals surface area contributed by atoms with Gasteiger partial charge in [0, 0.05) is 10.3 Å². The molecule has 1 aromatic heterocycles. The summed E-state index contributed by atoms with van der Waals surface area (Å²) in [5.41, 5.74) is 1.86. The van der Waals surface area contributed by atoms with E-state index in [0.29, 0.717) is 5.41 Å². The molecule has 0 radical (unpaired) electrons. The molecule has 1 nitrogen and oxygen atoms in total. The van der Waals surface area contributed by atoms with Crippen LogP contribution in [0.4, 0.5) is 0 Å². The summed E-state index contributed by atoms with van der Waals surface area (Å²) in [5.74, 6) is 1.75. The van der Waals surface area contributed by atoms with Gasteiger partial charge in [-0.15, -0.1) is 11.3 Å². The normalized spacial score (nSPS) is 44.0. The highest BCUT2D eigenvalue weighted by Crippen LogP contribution is 2.68. The van der Waals surface area contributed by atoms with E-state index in [0.717, 1.165) is 15.6 Å². The van der Waals surface area contributed by atoms with Crippen LogP contribution in [0.3, 0.4) is 0 Å². The van der Waals surface area contributed by atoms with Gasteiger partial charge in [0.25, 0.3) is 0 Å². The Bertz CT molecular complexity index is 535. The van der Waals surface area contributed by atoms with Crippen LogP contribution >= 0.6 is 27.3 Å². The molecule has 5 rings (SSSR count). The first-order valence-corrected chi connectivity index (χ1v) is 9.44. The van der Waals surface area contributed by atoms with E-state index in [2.05, 4.69) is 35.8 Å². The van der Waals surface area contributed by atoms with Gasteiger partial charge in [0.2, 0.25) is 0 Å². The van der Waals surface area contributed by atoms with Crippen molar-refractivity contribution in [3.05, 3.63) is 20.3 Å². The largest absolute Gasteiger partial charge is 0.388 e. The monoisotopic (exact) mass is 354 g/mol. The van der Waals surface area contributed by atoms with E-state index in [4.69, 9.17) is 0 Å². The highest BCUT2D eigenvalue weighted by Gasteiger charge is 2.58. The average Bonchev–Trinajstić information content (AvgIpc) is 2.64. The molecule has 4 saturated carbocycles. The predicted molar refractivity (Wildman–Crippen MR) is 86.9 cm³/mol. The van der Waals surface area contributed by atoms with Crippen LogP contribution in [-0.2, 0) is 0 Å². The Labute approximate surface area is 133 Å². The molecule has 1 aromatic rings. The van der Waals surface area contributed by atoms with Gasteiger partial charge in [0.05, 0.1) is 9.89 Å². The van der Waals surface area contributed by atoms with E-state index >= 15 is 0 Å². The number of aliphatic hydroxyl groups is 1. The first-order chi connectivity index (χ1) is 9.39. The van der Waals surface area contributed by atoms with Gasteiger partial charge in [-0.3, -0.25) is 0 Å². The van der Waals surface area contributed by atoms with E-state index in [1.807, 2.05) is 0 Å². The van der Waals surface area contributed by atoms with E-state index in [1.165, 1.54) is 49.0 Å². The lowest BCUT2D eigenvalue weighted by molar-refractivity contribution is -0.155. The fourth-order valence-corrected chi connectivity index (χ4v) is 7.92. The van der Waals surface area contributed by atoms with E-state index < -0.39 is 0 Å². The van der Waals surface area contributed by atoms with E-state index in [9.17, 15) is 5.11 Å². The second kappa shape index (κ2) is 4.33. The molecule has 1 heterocycles. The van der Waals surface area contributed by atoms with Crippen molar-refractivity contribution >= 4 is 27.3 Å². The predicted octanol–water partition coefficient (Wildman–Crippen LogP) is 5.46. The Morgan fingerprint density at radius 1 is 1.30 bits per heavy atom. The van der Waals surface area contributed by atoms with Gasteiger partial charge in [0.1, 0.15) is 0 Å². The van der Waals surface area contributed by atoms with Crippen LogP contribution < -0.4 is 0 Å². The zero-order valence-electron chi connectivity index (χ0n) is 12.3. The lowest BCUT2D eigenvalue weighted by atomic mass is 9.43. The van der Waals surface area contributed by atoms with Crippen LogP contribution in [0.5, 0.6) is 0 Å². The van der Waals surface area contributed by atoms with Gasteiger partial charge in [-0.2, -0.15) is 0 Å². The van der Waals surface area contributed by atoms with Crippen molar-refractivity contribution in [3.8, 4) is 0 Å². The number of aryl methyl sites for hydroxylation is 1. The summed E-state index contributed by atoms with van der Waals surface area (Å²) in [6.07, 6.45) is 7.74. The molecule has 3 heteroatoms. The first kappa shape index (κ1) is 13.8. The van der Waals surface area contributed by atoms with Crippen LogP contribution in [0.2, 0.25) is 0 Å². The Morgan fingerprint density at radius 2 is 1.95 bits per heavy atom. The summed E-state index contributed by atoms with van der Waals surface area (Å²) in [5, 5.41) is 11.2. The summed E-state index contributed by atoms with van der Waals surface area (Å²) < 4.78 is 1.15. The molecule has 1 N–H and O–H groups in total. The third kappa shape index (κ3) is 1.96. The molecule has 110 valence electrons. The minimum Gasteiger partial charge on any atom is -0.388 e. The van der Waals surface area contributed by atoms with Gasteiger partial charge < -0.3 is 5.11 Å². The summed E-state index contributed by atoms with van der Waals surface area (Å²) in [7, 11) is 0. The maximum atomic E-state index is 11.2. The number of halogens is 1. The van der Waals surface area contributed by atoms with E-state index in [1.54, 1.807) is 11.3 Å². The standard InChI is InChI=1S/C17H23BrOS/c1-10-13(4-14(18)20-10)15(19)17-7-11-3-12(8-17)6-16(2,5-11)9-17/h4,11-12,15,19H,3,5-9H2,1-2H3. The van der Waals surface area contributed by atoms with Gasteiger partial charge in [-0.25, -0.2) is 0 Å². The third-order valence-corrected chi connectivity index (χ3v) is 7.77. The molecule has 4 bridgehead atoms. The van der Waals surface area contributed by atoms with Crippen molar-refractivity contribution in [1.82, 2.24) is 0 Å². The molecular formula is C17H23BrOS. The van der Waals surface area contributed by atoms with Crippen molar-refractivity contribution < 1.29 is 5.11 Å². The van der Waals surface area contributed by atoms with Crippen molar-refractivity contribution in [3.63, 3.8) is 0 Å². The maximum Gasteiger partial charge on any atom is 0.0857 e. The van der Waals surface area contributed by atoms with Crippen LogP contribution in [0.1, 0.15) is 62.0 Å². The Morgan fingerprint density at radius 3 is 2.45 bits per heavy atom. The fraction of sp³-hybridized carbons (Fsp3) is 0.765. The van der Waals surface area contributed by atoms with Crippen molar-refractivity contribution in [2.24, 2.45) is 22.7 Å². The topological polar surface area (TPSA) is 20.2 Å². The molecule has 0 aliphatic heterocycles. The Kier molecular flexibility index (Phi) is 2.98. The molecule has 4 aliphatic rings. The number of rotatable bonds is 2. The molecule has 0 spiro atoms. The average molecular weight is 355 g/mol. The lowest BCUT2D eigenvalue weighted by Gasteiger charge is -2.62. The van der Waals surface area contributed by atoms with Gasteiger partial charge in [0.15, 0.2) is 0 Å². The van der Waals surface area contributed by atoms with Gasteiger partial charge in [-0.05, 0) is 90.3 Å². The molecule has 0 saturated heterocycles. The molecule has 0 aromatic carbocycles. The molecule has 3 atom stereocenters. The number of thiophene rings is 1. The molecule has 4 fully saturated rings. The Hall–Kier alpha value is 0.140. The quantitative estimate of drug-likeness (QED) is 0.747. The molecular weight excluding hydrogens is 332 g/mol. The second-order valence-electron chi connectivity index (χ2n) is 8.10. The van der Waals surface area contributed by atoms with Crippen LogP contribution in [0.25, 0.3) is 0 Å². The van der Waals surface area contributed by atoms with Crippen LogP contribution in [0.15, 0.2) is 9.85 Å². The minimum absolute atomic E-state index is 0.171. The number of hydrogen-bond acceptors (Lipinski definition) is 2. The summed E-state index contributed by atoms with van der Waals surface area (Å²) in [4.78, 5) is 1.28. The second-order valence-corrected chi connectivity index (χ2v) is 10.7. The smallest absolute Gasteiger partial charge is 0.0857 e. The minimum atomic E-state index is -0.254. The highest BCUT2D eigenvalue weighted by molar-refractivity contribution is 9.11. The van der Waals surface area contributed by atoms with Gasteiger partial charge >= 0.3 is 0 Å². The zero-order chi connectivity index (χ0) is 14.1. The van der Waals surface area contributed by atoms with Gasteiger partial charge in [-0.1, -0.05) is 6.92 Å². The third-order valence-electron chi connectivity index (χ3n) is 6.20. The van der Waals surface area contributed by atoms with Crippen LogP contribution in [0, 0.1) is 29.6 Å². The highest BCUT2D eigenvalue weighted by atomic mass is 79.9. The fourth-order valence-electron chi connectivity index (χ4n) is 6.18. The lowest BCUT2D eigenvalue weighted by Crippen LogP contribution is -2.53. The molecule has 3 unspecified atom stereocenters. The summed E-state index contributed by atoms with van der Waals surface area (Å²) in [6.45, 7) is 4.62. The van der Waals surface area contributed by atoms with E-state index in [-0.39, 0.29) is 11.5 Å². The molecule has 4 aliphatic carbocycles. The van der Waals surface area contributed by atoms with Crippen LogP contribution in [-0.4, -0.2) is 5.11 Å².